The van der Waals surface area contributed by atoms with Crippen LogP contribution in [0.15, 0.2) is 48.7 Å². The van der Waals surface area contributed by atoms with E-state index in [9.17, 15) is 4.79 Å². The highest BCUT2D eigenvalue weighted by Crippen LogP contribution is 2.17. The number of fused-ring (bicyclic) bond motifs is 1. The number of pyridine rings is 1. The highest BCUT2D eigenvalue weighted by Gasteiger charge is 2.17. The Morgan fingerprint density at radius 2 is 2.00 bits per heavy atom. The van der Waals surface area contributed by atoms with E-state index in [0.29, 0.717) is 6.54 Å². The molecule has 0 unspecified atom stereocenters. The number of carbonyl (C=O) groups excluding carboxylic acids is 1. The zero-order chi connectivity index (χ0) is 17.8. The summed E-state index contributed by atoms with van der Waals surface area (Å²) in [4.78, 5) is 23.1. The van der Waals surface area contributed by atoms with E-state index in [-0.39, 0.29) is 12.1 Å². The van der Waals surface area contributed by atoms with Gasteiger partial charge in [0.25, 0.3) is 0 Å². The van der Waals surface area contributed by atoms with Gasteiger partial charge in [0.1, 0.15) is 5.82 Å². The number of para-hydroxylation sites is 2. The summed E-state index contributed by atoms with van der Waals surface area (Å²) in [6, 6.07) is 13.4. The number of benzene rings is 1. The van der Waals surface area contributed by atoms with Crippen LogP contribution in [-0.2, 0) is 13.1 Å². The van der Waals surface area contributed by atoms with Crippen LogP contribution in [0.1, 0.15) is 31.4 Å². The Bertz CT molecular complexity index is 859. The van der Waals surface area contributed by atoms with Crippen molar-refractivity contribution in [1.29, 1.82) is 0 Å². The number of urea groups is 1. The molecule has 0 radical (unpaired) electrons. The van der Waals surface area contributed by atoms with Gasteiger partial charge in [-0.25, -0.2) is 9.78 Å². The van der Waals surface area contributed by atoms with Crippen LogP contribution in [0.2, 0.25) is 0 Å². The number of nitrogens with one attached hydrogen (secondary N) is 1. The smallest absolute Gasteiger partial charge is 0.318 e. The van der Waals surface area contributed by atoms with Crippen molar-refractivity contribution in [2.75, 3.05) is 7.05 Å². The van der Waals surface area contributed by atoms with Crippen molar-refractivity contribution >= 4 is 17.1 Å². The van der Waals surface area contributed by atoms with E-state index in [1.807, 2.05) is 43.3 Å². The van der Waals surface area contributed by atoms with Crippen LogP contribution in [0.25, 0.3) is 11.0 Å². The van der Waals surface area contributed by atoms with E-state index in [1.54, 1.807) is 18.1 Å². The van der Waals surface area contributed by atoms with Crippen molar-refractivity contribution in [3.63, 3.8) is 0 Å². The van der Waals surface area contributed by atoms with E-state index >= 15 is 0 Å². The summed E-state index contributed by atoms with van der Waals surface area (Å²) in [5, 5.41) is 2.97. The lowest BCUT2D eigenvalue weighted by molar-refractivity contribution is 0.201. The molecule has 0 saturated carbocycles. The van der Waals surface area contributed by atoms with Crippen LogP contribution < -0.4 is 5.32 Å². The molecule has 3 aromatic rings. The van der Waals surface area contributed by atoms with Crippen LogP contribution in [0, 0.1) is 0 Å². The minimum absolute atomic E-state index is 0.145. The van der Waals surface area contributed by atoms with Gasteiger partial charge in [-0.1, -0.05) is 18.2 Å². The maximum Gasteiger partial charge on any atom is 0.318 e. The second-order valence-electron chi connectivity index (χ2n) is 6.04. The fourth-order valence-electron chi connectivity index (χ4n) is 2.88. The summed E-state index contributed by atoms with van der Waals surface area (Å²) in [5.74, 6) is 0.881. The van der Waals surface area contributed by atoms with E-state index in [0.717, 1.165) is 29.1 Å². The first-order valence-electron chi connectivity index (χ1n) is 8.47. The van der Waals surface area contributed by atoms with Gasteiger partial charge >= 0.3 is 6.03 Å². The van der Waals surface area contributed by atoms with Crippen molar-refractivity contribution in [3.05, 3.63) is 60.2 Å². The summed E-state index contributed by atoms with van der Waals surface area (Å²) >= 11 is 0. The maximum atomic E-state index is 12.5. The Morgan fingerprint density at radius 3 is 2.72 bits per heavy atom. The second kappa shape index (κ2) is 7.34. The number of amides is 2. The fraction of sp³-hybridized carbons (Fsp3) is 0.316. The molecule has 1 N–H and O–H groups in total. The fourth-order valence-corrected chi connectivity index (χ4v) is 2.88. The molecule has 0 fully saturated rings. The number of carbonyl (C=O) groups is 1. The zero-order valence-corrected chi connectivity index (χ0v) is 14.8. The summed E-state index contributed by atoms with van der Waals surface area (Å²) in [6.07, 6.45) is 1.73. The van der Waals surface area contributed by atoms with E-state index in [1.165, 1.54) is 0 Å². The Morgan fingerprint density at radius 1 is 1.24 bits per heavy atom. The molecule has 1 aromatic carbocycles. The van der Waals surface area contributed by atoms with Gasteiger partial charge in [0.15, 0.2) is 0 Å². The number of hydrogen-bond donors (Lipinski definition) is 1. The van der Waals surface area contributed by atoms with Crippen molar-refractivity contribution in [3.8, 4) is 0 Å². The predicted molar refractivity (Wildman–Crippen MR) is 98.1 cm³/mol. The van der Waals surface area contributed by atoms with Crippen LogP contribution in [0.3, 0.4) is 0 Å². The number of imidazole rings is 1. The van der Waals surface area contributed by atoms with Gasteiger partial charge in [-0.3, -0.25) is 4.98 Å². The summed E-state index contributed by atoms with van der Waals surface area (Å²) < 4.78 is 2.14. The van der Waals surface area contributed by atoms with Crippen LogP contribution in [0.5, 0.6) is 0 Å². The molecule has 6 nitrogen and oxygen atoms in total. The highest BCUT2D eigenvalue weighted by molar-refractivity contribution is 5.77. The molecule has 0 aliphatic heterocycles. The molecule has 3 rings (SSSR count). The normalized spacial score (nSPS) is 12.1. The van der Waals surface area contributed by atoms with Crippen molar-refractivity contribution in [2.24, 2.45) is 0 Å². The number of hydrogen-bond acceptors (Lipinski definition) is 3. The maximum absolute atomic E-state index is 12.5. The average molecular weight is 337 g/mol. The Balaban J connectivity index is 1.71. The lowest BCUT2D eigenvalue weighted by Gasteiger charge is -2.21. The van der Waals surface area contributed by atoms with E-state index < -0.39 is 0 Å². The monoisotopic (exact) mass is 337 g/mol. The van der Waals surface area contributed by atoms with Crippen LogP contribution >= 0.6 is 0 Å². The molecule has 0 aliphatic rings. The van der Waals surface area contributed by atoms with E-state index in [4.69, 9.17) is 0 Å². The van der Waals surface area contributed by atoms with Gasteiger partial charge in [-0.15, -0.1) is 0 Å². The molecule has 0 spiro atoms. The van der Waals surface area contributed by atoms with E-state index in [2.05, 4.69) is 32.8 Å². The second-order valence-corrected chi connectivity index (χ2v) is 6.04. The van der Waals surface area contributed by atoms with Crippen LogP contribution in [0.4, 0.5) is 4.79 Å². The lowest BCUT2D eigenvalue weighted by Crippen LogP contribution is -2.38. The Labute approximate surface area is 147 Å². The summed E-state index contributed by atoms with van der Waals surface area (Å²) in [7, 11) is 1.78. The van der Waals surface area contributed by atoms with Crippen molar-refractivity contribution in [1.82, 2.24) is 24.8 Å². The Kier molecular flexibility index (Phi) is 4.97. The van der Waals surface area contributed by atoms with Gasteiger partial charge in [0, 0.05) is 19.8 Å². The molecule has 2 amide bonds. The third kappa shape index (κ3) is 3.63. The molecular weight excluding hydrogens is 314 g/mol. The van der Waals surface area contributed by atoms with Crippen molar-refractivity contribution in [2.45, 2.75) is 33.0 Å². The largest absolute Gasteiger partial charge is 0.330 e. The highest BCUT2D eigenvalue weighted by atomic mass is 16.2. The molecule has 1 atom stereocenters. The Hall–Kier alpha value is -2.89. The first-order chi connectivity index (χ1) is 12.1. The van der Waals surface area contributed by atoms with Crippen LogP contribution in [-0.4, -0.2) is 32.5 Å². The quantitative estimate of drug-likeness (QED) is 0.776. The SMILES string of the molecule is CCn1c(CN(C)C(=O)N[C@H](C)c2ccccn2)nc2ccccc21. The molecule has 25 heavy (non-hydrogen) atoms. The average Bonchev–Trinajstić information content (AvgIpc) is 2.99. The third-order valence-corrected chi connectivity index (χ3v) is 4.25. The topological polar surface area (TPSA) is 63.1 Å². The number of nitrogens with zero attached hydrogens (tertiary/aromatic N) is 4. The lowest BCUT2D eigenvalue weighted by atomic mass is 10.2. The molecule has 0 bridgehead atoms. The summed E-state index contributed by atoms with van der Waals surface area (Å²) in [5.41, 5.74) is 2.88. The molecule has 2 heterocycles. The van der Waals surface area contributed by atoms with Gasteiger partial charge < -0.3 is 14.8 Å². The molecule has 130 valence electrons. The zero-order valence-electron chi connectivity index (χ0n) is 14.8. The molecular formula is C19H23N5O. The molecule has 0 aliphatic carbocycles. The third-order valence-electron chi connectivity index (χ3n) is 4.25. The van der Waals surface area contributed by atoms with Gasteiger partial charge in [-0.05, 0) is 38.1 Å². The molecule has 0 saturated heterocycles. The number of aryl methyl sites for hydroxylation is 1. The predicted octanol–water partition coefficient (Wildman–Crippen LogP) is 3.35. The standard InChI is InChI=1S/C19H23N5O/c1-4-24-17-11-6-5-10-16(17)22-18(24)13-23(3)19(25)21-14(2)15-9-7-8-12-20-15/h5-12,14H,4,13H2,1-3H3,(H,21,25)/t14-/m1/s1. The first-order valence-corrected chi connectivity index (χ1v) is 8.47. The molecule has 2 aromatic heterocycles. The minimum atomic E-state index is -0.152. The van der Waals surface area contributed by atoms with Gasteiger partial charge in [0.2, 0.25) is 0 Å². The van der Waals surface area contributed by atoms with Gasteiger partial charge in [0.05, 0.1) is 29.3 Å². The van der Waals surface area contributed by atoms with Gasteiger partial charge in [-0.2, -0.15) is 0 Å². The summed E-state index contributed by atoms with van der Waals surface area (Å²) in [6.45, 7) is 5.27. The number of aromatic nitrogens is 3. The minimum Gasteiger partial charge on any atom is -0.330 e. The van der Waals surface area contributed by atoms with Crippen molar-refractivity contribution < 1.29 is 4.79 Å². The molecule has 6 heteroatoms. The first kappa shape index (κ1) is 17.0. The number of rotatable bonds is 5.